The molecule has 0 radical (unpaired) electrons. The molecule has 0 saturated heterocycles. The van der Waals surface area contributed by atoms with E-state index in [2.05, 4.69) is 9.97 Å². The molecule has 1 amide bonds. The van der Waals surface area contributed by atoms with Crippen molar-refractivity contribution in [3.8, 4) is 11.3 Å². The first kappa shape index (κ1) is 20.3. The third-order valence-corrected chi connectivity index (χ3v) is 4.99. The van der Waals surface area contributed by atoms with Crippen LogP contribution in [0.5, 0.6) is 0 Å². The third kappa shape index (κ3) is 4.25. The Hall–Kier alpha value is -4.13. The summed E-state index contributed by atoms with van der Waals surface area (Å²) in [6.45, 7) is -3.23. The van der Waals surface area contributed by atoms with Crippen molar-refractivity contribution in [1.82, 2.24) is 14.4 Å². The minimum Gasteiger partial charge on any atom is -0.382 e. The monoisotopic (exact) mass is 498 g/mol. The molecule has 0 saturated carbocycles. The number of nitrogens with one attached hydrogen (secondary N) is 1. The Morgan fingerprint density at radius 1 is 1.20 bits per heavy atom. The summed E-state index contributed by atoms with van der Waals surface area (Å²) in [7, 11) is 0. The van der Waals surface area contributed by atoms with Crippen LogP contribution in [0.1, 0.15) is 27.3 Å². The SMILES string of the molecule is [2H]C([2H])([2H])c1nc(-c2ccc(NC(=O)[C@H](O)c3cccc(F)c3)c(F)c2F)c2c(N)ncc(C(F)(F)F)n12. The van der Waals surface area contributed by atoms with Gasteiger partial charge in [-0.2, -0.15) is 13.2 Å². The molecule has 0 aliphatic rings. The van der Waals surface area contributed by atoms with Crippen LogP contribution in [0.3, 0.4) is 0 Å². The molecule has 2 aromatic carbocycles. The van der Waals surface area contributed by atoms with Gasteiger partial charge in [0.2, 0.25) is 0 Å². The molecule has 0 unspecified atom stereocenters. The standard InChI is InChI=1S/C22H15F6N5O2/c1-9-31-17(18-20(29)30-8-14(33(9)18)22(26,27)28)12-5-6-13(16(25)15(12)24)32-21(35)19(34)10-3-2-4-11(23)7-10/h2-8,19,34H,1H3,(H2,29,30)(H,32,35)/t19-/m1/s1/i1D3. The van der Waals surface area contributed by atoms with E-state index in [0.29, 0.717) is 0 Å². The minimum absolute atomic E-state index is 0.160. The number of aliphatic hydroxyl groups excluding tert-OH is 1. The number of anilines is 2. The highest BCUT2D eigenvalue weighted by Gasteiger charge is 2.36. The predicted molar refractivity (Wildman–Crippen MR) is 112 cm³/mol. The average Bonchev–Trinajstić information content (AvgIpc) is 3.22. The van der Waals surface area contributed by atoms with Gasteiger partial charge in [0, 0.05) is 9.68 Å². The molecule has 182 valence electrons. The molecule has 4 rings (SSSR count). The van der Waals surface area contributed by atoms with Crippen molar-refractivity contribution in [2.24, 2.45) is 0 Å². The Labute approximate surface area is 197 Å². The molecule has 0 spiro atoms. The van der Waals surface area contributed by atoms with Crippen LogP contribution in [-0.2, 0) is 11.0 Å². The number of aryl methyl sites for hydroxylation is 1. The molecule has 13 heteroatoms. The van der Waals surface area contributed by atoms with Gasteiger partial charge in [-0.25, -0.2) is 23.1 Å². The molecule has 4 aromatic rings. The number of benzene rings is 2. The Bertz CT molecular complexity index is 1570. The van der Waals surface area contributed by atoms with Gasteiger partial charge < -0.3 is 16.2 Å². The highest BCUT2D eigenvalue weighted by molar-refractivity contribution is 5.95. The first-order chi connectivity index (χ1) is 17.6. The second kappa shape index (κ2) is 8.58. The lowest BCUT2D eigenvalue weighted by atomic mass is 10.1. The van der Waals surface area contributed by atoms with Gasteiger partial charge in [0.25, 0.3) is 5.91 Å². The van der Waals surface area contributed by atoms with Crippen molar-refractivity contribution >= 4 is 22.9 Å². The van der Waals surface area contributed by atoms with Gasteiger partial charge in [-0.15, -0.1) is 0 Å². The van der Waals surface area contributed by atoms with Crippen LogP contribution < -0.4 is 11.1 Å². The topological polar surface area (TPSA) is 106 Å². The van der Waals surface area contributed by atoms with Crippen molar-refractivity contribution in [2.75, 3.05) is 11.1 Å². The van der Waals surface area contributed by atoms with Crippen LogP contribution in [0.2, 0.25) is 0 Å². The fourth-order valence-electron chi connectivity index (χ4n) is 3.39. The van der Waals surface area contributed by atoms with E-state index in [1.165, 1.54) is 12.1 Å². The average molecular weight is 498 g/mol. The summed E-state index contributed by atoms with van der Waals surface area (Å²) in [6.07, 6.45) is -6.79. The number of imidazole rings is 1. The van der Waals surface area contributed by atoms with Gasteiger partial charge in [0.05, 0.1) is 11.9 Å². The summed E-state index contributed by atoms with van der Waals surface area (Å²) in [6, 6.07) is 5.95. The second-order valence-electron chi connectivity index (χ2n) is 7.23. The predicted octanol–water partition coefficient (Wildman–Crippen LogP) is 4.40. The zero-order valence-corrected chi connectivity index (χ0v) is 17.2. The van der Waals surface area contributed by atoms with E-state index >= 15 is 4.39 Å². The number of halogens is 6. The molecular weight excluding hydrogens is 480 g/mol. The molecule has 1 atom stereocenters. The van der Waals surface area contributed by atoms with Crippen LogP contribution in [0.4, 0.5) is 37.8 Å². The number of carbonyl (C=O) groups is 1. The van der Waals surface area contributed by atoms with Crippen molar-refractivity contribution in [3.63, 3.8) is 0 Å². The number of fused-ring (bicyclic) bond motifs is 1. The number of nitrogens with zero attached hydrogens (tertiary/aromatic N) is 3. The van der Waals surface area contributed by atoms with E-state index in [0.717, 1.165) is 24.3 Å². The Balaban J connectivity index is 1.82. The van der Waals surface area contributed by atoms with E-state index in [1.807, 2.05) is 5.32 Å². The van der Waals surface area contributed by atoms with Crippen LogP contribution in [-0.4, -0.2) is 25.4 Å². The fraction of sp³-hybridized carbons (Fsp3) is 0.136. The second-order valence-corrected chi connectivity index (χ2v) is 7.23. The van der Waals surface area contributed by atoms with Crippen LogP contribution in [0.15, 0.2) is 42.6 Å². The summed E-state index contributed by atoms with van der Waals surface area (Å²) in [5.74, 6) is -7.22. The quantitative estimate of drug-likeness (QED) is 0.362. The number of alkyl halides is 3. The molecule has 35 heavy (non-hydrogen) atoms. The molecular formula is C22H15F6N5O2. The Morgan fingerprint density at radius 3 is 2.60 bits per heavy atom. The van der Waals surface area contributed by atoms with Gasteiger partial charge >= 0.3 is 6.18 Å². The van der Waals surface area contributed by atoms with Crippen LogP contribution >= 0.6 is 0 Å². The van der Waals surface area contributed by atoms with Gasteiger partial charge in [-0.05, 0) is 36.7 Å². The first-order valence-electron chi connectivity index (χ1n) is 11.1. The fourth-order valence-corrected chi connectivity index (χ4v) is 3.39. The van der Waals surface area contributed by atoms with Crippen molar-refractivity contribution in [3.05, 3.63) is 77.1 Å². The van der Waals surface area contributed by atoms with E-state index in [-0.39, 0.29) is 16.2 Å². The zero-order valence-electron chi connectivity index (χ0n) is 20.2. The number of aliphatic hydroxyl groups is 1. The summed E-state index contributed by atoms with van der Waals surface area (Å²) in [5.41, 5.74) is 0.901. The molecule has 0 aliphatic carbocycles. The maximum Gasteiger partial charge on any atom is 0.433 e. The largest absolute Gasteiger partial charge is 0.433 e. The molecule has 0 aliphatic heterocycles. The number of nitrogens with two attached hydrogens (primary N) is 1. The lowest BCUT2D eigenvalue weighted by molar-refractivity contribution is -0.142. The van der Waals surface area contributed by atoms with E-state index in [1.54, 1.807) is 0 Å². The van der Waals surface area contributed by atoms with Crippen molar-refractivity contribution < 1.29 is 40.4 Å². The summed E-state index contributed by atoms with van der Waals surface area (Å²) < 4.78 is 107. The number of hydrogen-bond donors (Lipinski definition) is 3. The number of rotatable bonds is 4. The highest BCUT2D eigenvalue weighted by Crippen LogP contribution is 2.37. The smallest absolute Gasteiger partial charge is 0.382 e. The Kier molecular flexibility index (Phi) is 4.97. The van der Waals surface area contributed by atoms with E-state index < -0.39 is 82.3 Å². The number of hydrogen-bond acceptors (Lipinski definition) is 5. The van der Waals surface area contributed by atoms with Gasteiger partial charge in [0.1, 0.15) is 34.4 Å². The van der Waals surface area contributed by atoms with Crippen molar-refractivity contribution in [1.29, 1.82) is 0 Å². The van der Waals surface area contributed by atoms with Gasteiger partial charge in [-0.1, -0.05) is 12.1 Å². The van der Waals surface area contributed by atoms with Gasteiger partial charge in [-0.3, -0.25) is 9.20 Å². The lowest BCUT2D eigenvalue weighted by Crippen LogP contribution is -2.21. The number of nitrogen functional groups attached to an aromatic ring is 1. The summed E-state index contributed by atoms with van der Waals surface area (Å²) in [4.78, 5) is 19.4. The summed E-state index contributed by atoms with van der Waals surface area (Å²) in [5, 5.41) is 12.0. The molecule has 2 heterocycles. The van der Waals surface area contributed by atoms with Gasteiger partial charge in [0.15, 0.2) is 17.7 Å². The molecule has 0 fully saturated rings. The van der Waals surface area contributed by atoms with Crippen LogP contribution in [0.25, 0.3) is 16.8 Å². The first-order valence-corrected chi connectivity index (χ1v) is 9.58. The molecule has 7 nitrogen and oxygen atoms in total. The van der Waals surface area contributed by atoms with Crippen molar-refractivity contribution in [2.45, 2.75) is 19.1 Å². The molecule has 4 N–H and O–H groups in total. The third-order valence-electron chi connectivity index (χ3n) is 4.99. The molecule has 2 aromatic heterocycles. The number of carbonyl (C=O) groups excluding carboxylic acids is 1. The lowest BCUT2D eigenvalue weighted by Gasteiger charge is -2.14. The minimum atomic E-state index is -5.11. The normalized spacial score (nSPS) is 14.3. The zero-order chi connectivity index (χ0) is 28.2. The van der Waals surface area contributed by atoms with E-state index in [4.69, 9.17) is 9.85 Å². The van der Waals surface area contributed by atoms with E-state index in [9.17, 15) is 31.9 Å². The number of aromatic nitrogens is 3. The Morgan fingerprint density at radius 2 is 1.94 bits per heavy atom. The maximum atomic E-state index is 15.2. The molecule has 0 bridgehead atoms. The maximum absolute atomic E-state index is 15.2. The van der Waals surface area contributed by atoms with Crippen LogP contribution in [0, 0.1) is 24.3 Å². The number of amides is 1. The summed E-state index contributed by atoms with van der Waals surface area (Å²) >= 11 is 0. The highest BCUT2D eigenvalue weighted by atomic mass is 19.4.